The van der Waals surface area contributed by atoms with Crippen LogP contribution in [0.1, 0.15) is 31.4 Å². The second-order valence-electron chi connectivity index (χ2n) is 7.47. The highest BCUT2D eigenvalue weighted by atomic mass is 16.2. The van der Waals surface area contributed by atoms with E-state index < -0.39 is 0 Å². The van der Waals surface area contributed by atoms with E-state index in [2.05, 4.69) is 17.1 Å². The van der Waals surface area contributed by atoms with Gasteiger partial charge in [-0.1, -0.05) is 19.1 Å². The molecule has 5 atom stereocenters. The molecule has 1 saturated carbocycles. The highest BCUT2D eigenvalue weighted by Crippen LogP contribution is 2.52. The summed E-state index contributed by atoms with van der Waals surface area (Å²) in [5.74, 6) is -0.726. The Labute approximate surface area is 152 Å². The largest absolute Gasteiger partial charge is 0.337 e. The number of carbonyl (C=O) groups is 3. The molecule has 2 bridgehead atoms. The van der Waals surface area contributed by atoms with Crippen LogP contribution in [0.4, 0.5) is 0 Å². The van der Waals surface area contributed by atoms with E-state index in [0.717, 1.165) is 18.4 Å². The highest BCUT2D eigenvalue weighted by Gasteiger charge is 2.59. The molecule has 3 aliphatic rings. The Morgan fingerprint density at radius 1 is 1.19 bits per heavy atom. The summed E-state index contributed by atoms with van der Waals surface area (Å²) in [7, 11) is 1.73. The predicted octanol–water partition coefficient (Wildman–Crippen LogP) is 1.80. The van der Waals surface area contributed by atoms with Gasteiger partial charge in [-0.2, -0.15) is 0 Å². The number of fused-ring (bicyclic) bond motifs is 5. The second-order valence-corrected chi connectivity index (χ2v) is 7.47. The average molecular weight is 353 g/mol. The van der Waals surface area contributed by atoms with Crippen LogP contribution < -0.4 is 0 Å². The van der Waals surface area contributed by atoms with Gasteiger partial charge in [0.05, 0.1) is 17.9 Å². The number of hydrogen-bond donors (Lipinski definition) is 0. The predicted molar refractivity (Wildman–Crippen MR) is 94.5 cm³/mol. The van der Waals surface area contributed by atoms with E-state index in [1.54, 1.807) is 24.3 Å². The third-order valence-electron chi connectivity index (χ3n) is 6.19. The van der Waals surface area contributed by atoms with Gasteiger partial charge in [0.2, 0.25) is 17.7 Å². The number of hydrogen-bond acceptors (Lipinski definition) is 4. The molecule has 1 aromatic heterocycles. The lowest BCUT2D eigenvalue weighted by Gasteiger charge is -2.29. The normalized spacial score (nSPS) is 30.0. The Kier molecular flexibility index (Phi) is 4.13. The number of carbonyl (C=O) groups excluding carboxylic acids is 3. The first-order chi connectivity index (χ1) is 12.5. The third-order valence-corrected chi connectivity index (χ3v) is 6.19. The summed E-state index contributed by atoms with van der Waals surface area (Å²) in [6.45, 7) is 1.84. The van der Waals surface area contributed by atoms with E-state index in [1.165, 1.54) is 4.90 Å². The highest BCUT2D eigenvalue weighted by molar-refractivity contribution is 6.08. The molecule has 2 heterocycles. The fourth-order valence-corrected chi connectivity index (χ4v) is 4.86. The Morgan fingerprint density at radius 2 is 1.77 bits per heavy atom. The van der Waals surface area contributed by atoms with Crippen LogP contribution >= 0.6 is 0 Å². The second kappa shape index (κ2) is 6.34. The summed E-state index contributed by atoms with van der Waals surface area (Å²) in [5.41, 5.74) is 0.997. The lowest BCUT2D eigenvalue weighted by molar-refractivity contribution is -0.147. The molecule has 26 heavy (non-hydrogen) atoms. The van der Waals surface area contributed by atoms with E-state index in [1.807, 2.05) is 19.1 Å². The molecule has 136 valence electrons. The zero-order chi connectivity index (χ0) is 18.4. The average Bonchev–Trinajstić information content (AvgIpc) is 3.33. The summed E-state index contributed by atoms with van der Waals surface area (Å²) in [5, 5.41) is 0. The molecule has 0 spiro atoms. The molecule has 0 radical (unpaired) electrons. The van der Waals surface area contributed by atoms with Crippen molar-refractivity contribution in [2.75, 3.05) is 13.6 Å². The number of allylic oxidation sites excluding steroid dienone is 2. The van der Waals surface area contributed by atoms with Crippen molar-refractivity contribution in [3.05, 3.63) is 42.2 Å². The van der Waals surface area contributed by atoms with E-state index in [4.69, 9.17) is 0 Å². The minimum Gasteiger partial charge on any atom is -0.337 e. The molecular weight excluding hydrogens is 330 g/mol. The minimum absolute atomic E-state index is 0.101. The zero-order valence-electron chi connectivity index (χ0n) is 15.0. The Bertz CT molecular complexity index is 746. The number of amides is 3. The van der Waals surface area contributed by atoms with E-state index >= 15 is 0 Å². The van der Waals surface area contributed by atoms with Crippen LogP contribution in [0.2, 0.25) is 0 Å². The van der Waals surface area contributed by atoms with Crippen LogP contribution in [0, 0.1) is 23.7 Å². The van der Waals surface area contributed by atoms with Gasteiger partial charge in [-0.3, -0.25) is 24.3 Å². The number of rotatable bonds is 5. The first kappa shape index (κ1) is 16.9. The molecule has 2 aliphatic carbocycles. The van der Waals surface area contributed by atoms with Crippen molar-refractivity contribution in [2.45, 2.75) is 25.8 Å². The molecule has 6 heteroatoms. The number of likely N-dealkylation sites (tertiary alicyclic amines) is 1. The van der Waals surface area contributed by atoms with Crippen molar-refractivity contribution >= 4 is 17.7 Å². The molecule has 0 unspecified atom stereocenters. The lowest BCUT2D eigenvalue weighted by Crippen LogP contribution is -2.43. The van der Waals surface area contributed by atoms with Crippen molar-refractivity contribution in [3.63, 3.8) is 0 Å². The van der Waals surface area contributed by atoms with Crippen LogP contribution in [0.3, 0.4) is 0 Å². The van der Waals surface area contributed by atoms with Gasteiger partial charge in [-0.05, 0) is 42.4 Å². The molecule has 6 nitrogen and oxygen atoms in total. The van der Waals surface area contributed by atoms with Crippen LogP contribution in [-0.2, 0) is 14.4 Å². The molecule has 1 saturated heterocycles. The summed E-state index contributed by atoms with van der Waals surface area (Å²) < 4.78 is 0. The van der Waals surface area contributed by atoms with Crippen LogP contribution in [-0.4, -0.2) is 46.1 Å². The van der Waals surface area contributed by atoms with Crippen molar-refractivity contribution in [2.24, 2.45) is 23.7 Å². The van der Waals surface area contributed by atoms with Gasteiger partial charge in [0.1, 0.15) is 6.54 Å². The molecule has 0 aromatic carbocycles. The molecule has 2 fully saturated rings. The Hall–Kier alpha value is -2.50. The summed E-state index contributed by atoms with van der Waals surface area (Å²) >= 11 is 0. The summed E-state index contributed by atoms with van der Waals surface area (Å²) in [6, 6.07) is 3.67. The third kappa shape index (κ3) is 2.47. The maximum absolute atomic E-state index is 12.8. The van der Waals surface area contributed by atoms with Crippen LogP contribution in [0.15, 0.2) is 36.7 Å². The first-order valence-electron chi connectivity index (χ1n) is 9.22. The lowest BCUT2D eigenvalue weighted by atomic mass is 9.85. The molecule has 4 rings (SSSR count). The van der Waals surface area contributed by atoms with E-state index in [0.29, 0.717) is 0 Å². The molecule has 3 amide bonds. The molecule has 1 aromatic rings. The summed E-state index contributed by atoms with van der Waals surface area (Å²) in [4.78, 5) is 45.1. The van der Waals surface area contributed by atoms with Gasteiger partial charge in [-0.25, -0.2) is 0 Å². The molecule has 0 N–H and O–H groups in total. The Balaban J connectivity index is 1.48. The van der Waals surface area contributed by atoms with Gasteiger partial charge < -0.3 is 4.90 Å². The standard InChI is InChI=1S/C20H23N3O3/c1-3-15(12-6-8-21-9-7-12)22(2)16(24)11-23-19(25)17-13-4-5-14(10-13)18(17)20(23)26/h4-9,13-15,17-18H,3,10-11H2,1-2H3/t13-,14-,15+,17-,18-/m0/s1. The van der Waals surface area contributed by atoms with Gasteiger partial charge in [0.15, 0.2) is 0 Å². The first-order valence-corrected chi connectivity index (χ1v) is 9.22. The molecule has 1 aliphatic heterocycles. The smallest absolute Gasteiger partial charge is 0.242 e. The van der Waals surface area contributed by atoms with Gasteiger partial charge in [-0.15, -0.1) is 0 Å². The fraction of sp³-hybridized carbons (Fsp3) is 0.500. The van der Waals surface area contributed by atoms with Crippen molar-refractivity contribution < 1.29 is 14.4 Å². The molecular formula is C20H23N3O3. The quantitative estimate of drug-likeness (QED) is 0.598. The number of pyridine rings is 1. The van der Waals surface area contributed by atoms with Crippen molar-refractivity contribution in [3.8, 4) is 0 Å². The number of nitrogens with zero attached hydrogens (tertiary/aromatic N) is 3. The fourth-order valence-electron chi connectivity index (χ4n) is 4.86. The zero-order valence-corrected chi connectivity index (χ0v) is 15.0. The summed E-state index contributed by atoms with van der Waals surface area (Å²) in [6.07, 6.45) is 9.17. The maximum Gasteiger partial charge on any atom is 0.242 e. The van der Waals surface area contributed by atoms with Gasteiger partial charge >= 0.3 is 0 Å². The topological polar surface area (TPSA) is 70.6 Å². The van der Waals surface area contributed by atoms with E-state index in [-0.39, 0.29) is 54.0 Å². The van der Waals surface area contributed by atoms with Crippen LogP contribution in [0.5, 0.6) is 0 Å². The van der Waals surface area contributed by atoms with Crippen molar-refractivity contribution in [1.82, 2.24) is 14.8 Å². The van der Waals surface area contributed by atoms with Crippen LogP contribution in [0.25, 0.3) is 0 Å². The number of imide groups is 1. The number of likely N-dealkylation sites (N-methyl/N-ethyl adjacent to an activating group) is 1. The van der Waals surface area contributed by atoms with E-state index in [9.17, 15) is 14.4 Å². The maximum atomic E-state index is 12.8. The van der Waals surface area contributed by atoms with Gasteiger partial charge in [0.25, 0.3) is 0 Å². The SMILES string of the molecule is CC[C@H](c1ccncc1)N(C)C(=O)CN1C(=O)[C@@H]2[C@@H](C1=O)[C@H]1C=C[C@H]2C1. The minimum atomic E-state index is -0.252. The van der Waals surface area contributed by atoms with Gasteiger partial charge in [0, 0.05) is 19.4 Å². The van der Waals surface area contributed by atoms with Crippen molar-refractivity contribution in [1.29, 1.82) is 0 Å². The monoisotopic (exact) mass is 353 g/mol. The Morgan fingerprint density at radius 3 is 2.31 bits per heavy atom. The number of aromatic nitrogens is 1.